The molecular formula is C23H20ClN3O5S. The van der Waals surface area contributed by atoms with Crippen LogP contribution in [0.1, 0.15) is 11.5 Å². The van der Waals surface area contributed by atoms with Crippen LogP contribution in [0.4, 0.5) is 5.69 Å². The van der Waals surface area contributed by atoms with Gasteiger partial charge in [0.1, 0.15) is 11.7 Å². The van der Waals surface area contributed by atoms with Gasteiger partial charge in [-0.3, -0.25) is 14.4 Å². The molecule has 1 heterocycles. The van der Waals surface area contributed by atoms with Gasteiger partial charge in [0.25, 0.3) is 0 Å². The number of carbonyl (C=O) groups is 3. The van der Waals surface area contributed by atoms with E-state index in [9.17, 15) is 19.6 Å². The number of amides is 2. The minimum Gasteiger partial charge on any atom is -0.497 e. The molecule has 0 saturated carbocycles. The van der Waals surface area contributed by atoms with Crippen molar-refractivity contribution < 1.29 is 23.9 Å². The number of esters is 1. The first-order valence-corrected chi connectivity index (χ1v) is 11.1. The monoisotopic (exact) mass is 485 g/mol. The molecule has 2 atom stereocenters. The maximum Gasteiger partial charge on any atom is 0.319 e. The second-order valence-corrected chi connectivity index (χ2v) is 8.36. The zero-order valence-corrected chi connectivity index (χ0v) is 19.3. The van der Waals surface area contributed by atoms with Crippen molar-refractivity contribution in [1.82, 2.24) is 5.32 Å². The Labute approximate surface area is 199 Å². The van der Waals surface area contributed by atoms with Crippen molar-refractivity contribution in [1.29, 1.82) is 5.26 Å². The van der Waals surface area contributed by atoms with E-state index in [1.54, 1.807) is 48.5 Å². The number of halogens is 1. The van der Waals surface area contributed by atoms with E-state index in [0.717, 1.165) is 11.8 Å². The Bertz CT molecular complexity index is 1130. The number of hydrogen-bond acceptors (Lipinski definition) is 7. The summed E-state index contributed by atoms with van der Waals surface area (Å²) in [5, 5.41) is 16.0. The average Bonchev–Trinajstić information content (AvgIpc) is 2.83. The number of nitriles is 1. The van der Waals surface area contributed by atoms with Crippen molar-refractivity contribution in [3.05, 3.63) is 69.7 Å². The summed E-state index contributed by atoms with van der Waals surface area (Å²) in [6, 6.07) is 15.4. The SMILES string of the molecule is COC(=O)[C@H]1C(=O)NC(SCC(=O)Nc2ccc(Cl)cc2)=C(C#N)[C@H]1c1ccc(OC)cc1. The molecule has 0 fully saturated rings. The van der Waals surface area contributed by atoms with Crippen LogP contribution in [0.15, 0.2) is 59.1 Å². The van der Waals surface area contributed by atoms with Crippen molar-refractivity contribution in [3.8, 4) is 11.8 Å². The van der Waals surface area contributed by atoms with Crippen LogP contribution in [0.5, 0.6) is 5.75 Å². The Morgan fingerprint density at radius 3 is 2.39 bits per heavy atom. The summed E-state index contributed by atoms with van der Waals surface area (Å²) in [5.74, 6) is -3.30. The summed E-state index contributed by atoms with van der Waals surface area (Å²) >= 11 is 6.85. The van der Waals surface area contributed by atoms with Crippen molar-refractivity contribution in [3.63, 3.8) is 0 Å². The van der Waals surface area contributed by atoms with Gasteiger partial charge in [-0.1, -0.05) is 35.5 Å². The molecule has 1 aliphatic heterocycles. The predicted molar refractivity (Wildman–Crippen MR) is 125 cm³/mol. The molecule has 0 saturated heterocycles. The molecule has 0 unspecified atom stereocenters. The van der Waals surface area contributed by atoms with Crippen LogP contribution < -0.4 is 15.4 Å². The quantitative estimate of drug-likeness (QED) is 0.455. The molecule has 0 aromatic heterocycles. The van der Waals surface area contributed by atoms with Gasteiger partial charge in [-0.2, -0.15) is 5.26 Å². The first-order chi connectivity index (χ1) is 15.9. The minimum absolute atomic E-state index is 0.0678. The molecule has 2 amide bonds. The Balaban J connectivity index is 1.88. The van der Waals surface area contributed by atoms with Gasteiger partial charge in [-0.15, -0.1) is 0 Å². The largest absolute Gasteiger partial charge is 0.497 e. The standard InChI is InChI=1S/C23H20ClN3O5S/c1-31-16-9-3-13(4-10-16)19-17(11-25)22(27-21(29)20(19)23(30)32-2)33-12-18(28)26-15-7-5-14(24)6-8-15/h3-10,19-20H,12H2,1-2H3,(H,26,28)(H,27,29)/t19-,20-/m1/s1. The third-order valence-corrected chi connectivity index (χ3v) is 6.20. The highest BCUT2D eigenvalue weighted by Gasteiger charge is 2.44. The number of hydrogen-bond donors (Lipinski definition) is 2. The van der Waals surface area contributed by atoms with Crippen molar-refractivity contribution >= 4 is 46.8 Å². The zero-order chi connectivity index (χ0) is 24.0. The fraction of sp³-hybridized carbons (Fsp3) is 0.217. The summed E-state index contributed by atoms with van der Waals surface area (Å²) in [7, 11) is 2.70. The molecule has 0 spiro atoms. The van der Waals surface area contributed by atoms with Crippen molar-refractivity contribution in [2.45, 2.75) is 5.92 Å². The lowest BCUT2D eigenvalue weighted by atomic mass is 9.78. The van der Waals surface area contributed by atoms with E-state index in [0.29, 0.717) is 22.0 Å². The van der Waals surface area contributed by atoms with Crippen LogP contribution >= 0.6 is 23.4 Å². The molecule has 170 valence electrons. The van der Waals surface area contributed by atoms with Crippen LogP contribution in [0.25, 0.3) is 0 Å². The lowest BCUT2D eigenvalue weighted by Crippen LogP contribution is -2.44. The number of rotatable bonds is 7. The van der Waals surface area contributed by atoms with Gasteiger partial charge < -0.3 is 20.1 Å². The van der Waals surface area contributed by atoms with Gasteiger partial charge in [0, 0.05) is 16.6 Å². The smallest absolute Gasteiger partial charge is 0.319 e. The second kappa shape index (κ2) is 10.9. The number of methoxy groups -OCH3 is 2. The molecule has 8 nitrogen and oxygen atoms in total. The second-order valence-electron chi connectivity index (χ2n) is 6.94. The number of nitrogens with one attached hydrogen (secondary N) is 2. The van der Waals surface area contributed by atoms with E-state index >= 15 is 0 Å². The third kappa shape index (κ3) is 5.66. The molecule has 0 aliphatic carbocycles. The Morgan fingerprint density at radius 1 is 1.15 bits per heavy atom. The molecule has 0 radical (unpaired) electrons. The lowest BCUT2D eigenvalue weighted by Gasteiger charge is -2.31. The first kappa shape index (κ1) is 24.2. The molecule has 1 aliphatic rings. The topological polar surface area (TPSA) is 118 Å². The number of ether oxygens (including phenoxy) is 2. The van der Waals surface area contributed by atoms with E-state index in [1.165, 1.54) is 14.2 Å². The fourth-order valence-corrected chi connectivity index (χ4v) is 4.33. The number of carbonyl (C=O) groups excluding carboxylic acids is 3. The number of benzene rings is 2. The van der Waals surface area contributed by atoms with Gasteiger partial charge >= 0.3 is 5.97 Å². The van der Waals surface area contributed by atoms with Crippen LogP contribution in [-0.4, -0.2) is 37.8 Å². The molecular weight excluding hydrogens is 466 g/mol. The van der Waals surface area contributed by atoms with Crippen LogP contribution in [0.3, 0.4) is 0 Å². The molecule has 2 N–H and O–H groups in total. The van der Waals surface area contributed by atoms with Gasteiger partial charge in [0.2, 0.25) is 11.8 Å². The summed E-state index contributed by atoms with van der Waals surface area (Å²) in [6.45, 7) is 0. The van der Waals surface area contributed by atoms with E-state index in [2.05, 4.69) is 16.7 Å². The molecule has 3 rings (SSSR count). The summed E-state index contributed by atoms with van der Waals surface area (Å²) in [5.41, 5.74) is 1.30. The van der Waals surface area contributed by atoms with Gasteiger partial charge in [-0.25, -0.2) is 0 Å². The highest BCUT2D eigenvalue weighted by Crippen LogP contribution is 2.40. The summed E-state index contributed by atoms with van der Waals surface area (Å²) in [6.07, 6.45) is 0. The first-order valence-electron chi connectivity index (χ1n) is 9.73. The Kier molecular flexibility index (Phi) is 7.98. The molecule has 2 aromatic rings. The highest BCUT2D eigenvalue weighted by molar-refractivity contribution is 8.03. The van der Waals surface area contributed by atoms with Crippen LogP contribution in [0, 0.1) is 17.2 Å². The molecule has 10 heteroatoms. The molecule has 33 heavy (non-hydrogen) atoms. The number of thioether (sulfide) groups is 1. The molecule has 0 bridgehead atoms. The summed E-state index contributed by atoms with van der Waals surface area (Å²) < 4.78 is 9.98. The average molecular weight is 486 g/mol. The lowest BCUT2D eigenvalue weighted by molar-refractivity contribution is -0.150. The highest BCUT2D eigenvalue weighted by atomic mass is 35.5. The third-order valence-electron chi connectivity index (χ3n) is 4.93. The van der Waals surface area contributed by atoms with Crippen LogP contribution in [-0.2, 0) is 19.1 Å². The number of anilines is 1. The van der Waals surface area contributed by atoms with Crippen LogP contribution in [0.2, 0.25) is 5.02 Å². The van der Waals surface area contributed by atoms with Crippen molar-refractivity contribution in [2.24, 2.45) is 5.92 Å². The minimum atomic E-state index is -1.25. The number of allylic oxidation sites excluding steroid dienone is 1. The van der Waals surface area contributed by atoms with Gasteiger partial charge in [-0.05, 0) is 42.0 Å². The Hall–Kier alpha value is -3.48. The van der Waals surface area contributed by atoms with E-state index in [1.807, 2.05) is 0 Å². The fourth-order valence-electron chi connectivity index (χ4n) is 3.36. The normalized spacial score (nSPS) is 17.6. The van der Waals surface area contributed by atoms with Gasteiger partial charge in [0.15, 0.2) is 0 Å². The van der Waals surface area contributed by atoms with Crippen molar-refractivity contribution in [2.75, 3.05) is 25.3 Å². The maximum atomic E-state index is 12.8. The van der Waals surface area contributed by atoms with Gasteiger partial charge in [0.05, 0.1) is 36.6 Å². The predicted octanol–water partition coefficient (Wildman–Crippen LogP) is 3.46. The Morgan fingerprint density at radius 2 is 1.82 bits per heavy atom. The molecule has 2 aromatic carbocycles. The maximum absolute atomic E-state index is 12.8. The summed E-state index contributed by atoms with van der Waals surface area (Å²) in [4.78, 5) is 37.6. The van der Waals surface area contributed by atoms with E-state index in [-0.39, 0.29) is 22.3 Å². The van der Waals surface area contributed by atoms with E-state index < -0.39 is 23.7 Å². The zero-order valence-electron chi connectivity index (χ0n) is 17.8. The van der Waals surface area contributed by atoms with E-state index in [4.69, 9.17) is 21.1 Å². The number of nitrogens with zero attached hydrogens (tertiary/aromatic N) is 1.